The van der Waals surface area contributed by atoms with E-state index in [0.717, 1.165) is 24.4 Å². The van der Waals surface area contributed by atoms with Crippen LogP contribution in [-0.4, -0.2) is 84.6 Å². The van der Waals surface area contributed by atoms with Gasteiger partial charge in [0.1, 0.15) is 11.8 Å². The lowest BCUT2D eigenvalue weighted by molar-refractivity contribution is -0.171. The number of rotatable bonds is 10. The number of esters is 1. The van der Waals surface area contributed by atoms with Gasteiger partial charge in [-0.25, -0.2) is 4.79 Å². The Morgan fingerprint density at radius 3 is 2.80 bits per heavy atom. The monoisotopic (exact) mass is 441 g/mol. The van der Waals surface area contributed by atoms with Crippen molar-refractivity contribution in [1.82, 2.24) is 15.5 Å². The third kappa shape index (κ3) is 4.51. The van der Waals surface area contributed by atoms with Gasteiger partial charge in [0, 0.05) is 42.1 Å². The Bertz CT molecular complexity index is 729. The van der Waals surface area contributed by atoms with Gasteiger partial charge in [-0.1, -0.05) is 6.92 Å². The SMILES string of the molecule is CNCCOC[C@@H]1C[C@H](SC2=C(C(=O)O)N3C(=O)[C@H]([C@@H](C)OC(C)=O)[C@H]3[C@H]2C)CN1. The maximum absolute atomic E-state index is 12.7. The summed E-state index contributed by atoms with van der Waals surface area (Å²) in [6, 6.07) is -0.0455. The number of ether oxygens (including phenoxy) is 2. The maximum atomic E-state index is 12.7. The number of nitrogens with one attached hydrogen (secondary N) is 2. The Morgan fingerprint density at radius 2 is 2.17 bits per heavy atom. The summed E-state index contributed by atoms with van der Waals surface area (Å²) in [5.74, 6) is -2.44. The summed E-state index contributed by atoms with van der Waals surface area (Å²) in [7, 11) is 1.88. The highest BCUT2D eigenvalue weighted by molar-refractivity contribution is 8.03. The Kier molecular flexibility index (Phi) is 7.43. The number of β-lactam (4-membered cyclic amide) rings is 1. The second-order valence-electron chi connectivity index (χ2n) is 8.11. The third-order valence-corrected chi connectivity index (χ3v) is 7.45. The lowest BCUT2D eigenvalue weighted by atomic mass is 9.79. The summed E-state index contributed by atoms with van der Waals surface area (Å²) >= 11 is 1.55. The minimum absolute atomic E-state index is 0.0856. The molecular weight excluding hydrogens is 410 g/mol. The van der Waals surface area contributed by atoms with E-state index < -0.39 is 24.0 Å². The average molecular weight is 442 g/mol. The number of thioether (sulfide) groups is 1. The van der Waals surface area contributed by atoms with Crippen molar-refractivity contribution in [3.8, 4) is 0 Å². The number of carboxylic acid groups (broad SMARTS) is 1. The normalized spacial score (nSPS) is 31.5. The number of carbonyl (C=O) groups excluding carboxylic acids is 2. The molecule has 3 rings (SSSR count). The van der Waals surface area contributed by atoms with Crippen LogP contribution in [-0.2, 0) is 23.9 Å². The summed E-state index contributed by atoms with van der Waals surface area (Å²) < 4.78 is 10.9. The molecule has 9 nitrogen and oxygen atoms in total. The molecule has 0 spiro atoms. The minimum atomic E-state index is -1.09. The fraction of sp³-hybridized carbons (Fsp3) is 0.750. The molecule has 1 amide bonds. The number of likely N-dealkylation sites (N-methyl/N-ethyl adjacent to an activating group) is 1. The van der Waals surface area contributed by atoms with E-state index >= 15 is 0 Å². The van der Waals surface area contributed by atoms with Crippen molar-refractivity contribution in [2.75, 3.05) is 33.4 Å². The number of hydrogen-bond acceptors (Lipinski definition) is 8. The second-order valence-corrected chi connectivity index (χ2v) is 9.45. The van der Waals surface area contributed by atoms with E-state index in [1.807, 2.05) is 14.0 Å². The molecule has 0 aromatic heterocycles. The van der Waals surface area contributed by atoms with Crippen molar-refractivity contribution < 1.29 is 29.0 Å². The van der Waals surface area contributed by atoms with Crippen LogP contribution in [0.4, 0.5) is 0 Å². The molecule has 10 heteroatoms. The van der Waals surface area contributed by atoms with Gasteiger partial charge in [0.2, 0.25) is 5.91 Å². The standard InChI is InChI=1S/C20H31N3O6S/c1-10-16-15(11(2)29-12(3)24)19(25)23(16)17(20(26)27)18(10)30-14-7-13(22-8-14)9-28-6-5-21-4/h10-11,13-16,21-22H,5-9H2,1-4H3,(H,26,27)/t10-,11-,13+,14+,15-,16-/m1/s1. The minimum Gasteiger partial charge on any atom is -0.477 e. The summed E-state index contributed by atoms with van der Waals surface area (Å²) in [6.45, 7) is 7.79. The van der Waals surface area contributed by atoms with Crippen molar-refractivity contribution in [3.63, 3.8) is 0 Å². The molecule has 3 aliphatic rings. The maximum Gasteiger partial charge on any atom is 0.353 e. The highest BCUT2D eigenvalue weighted by Crippen LogP contribution is 2.52. The Labute approximate surface area is 180 Å². The summed E-state index contributed by atoms with van der Waals surface area (Å²) in [6.07, 6.45) is 0.296. The van der Waals surface area contributed by atoms with Gasteiger partial charge in [-0.3, -0.25) is 9.59 Å². The molecule has 6 atom stereocenters. The van der Waals surface area contributed by atoms with Crippen LogP contribution in [0.3, 0.4) is 0 Å². The zero-order valence-electron chi connectivity index (χ0n) is 17.8. The van der Waals surface area contributed by atoms with Gasteiger partial charge in [-0.15, -0.1) is 11.8 Å². The zero-order chi connectivity index (χ0) is 22.0. The van der Waals surface area contributed by atoms with E-state index in [1.54, 1.807) is 18.7 Å². The van der Waals surface area contributed by atoms with Crippen LogP contribution < -0.4 is 10.6 Å². The third-order valence-electron chi connectivity index (χ3n) is 5.94. The van der Waals surface area contributed by atoms with Crippen LogP contribution in [0, 0.1) is 11.8 Å². The highest BCUT2D eigenvalue weighted by Gasteiger charge is 2.61. The van der Waals surface area contributed by atoms with E-state index in [0.29, 0.717) is 13.2 Å². The molecule has 0 radical (unpaired) electrons. The number of carbonyl (C=O) groups is 3. The lowest BCUT2D eigenvalue weighted by Crippen LogP contribution is -2.64. The van der Waals surface area contributed by atoms with Gasteiger partial charge < -0.3 is 30.1 Å². The van der Waals surface area contributed by atoms with Crippen LogP contribution in [0.1, 0.15) is 27.2 Å². The lowest BCUT2D eigenvalue weighted by Gasteiger charge is -2.47. The quantitative estimate of drug-likeness (QED) is 0.252. The second kappa shape index (κ2) is 9.67. The largest absolute Gasteiger partial charge is 0.477 e. The Morgan fingerprint density at radius 1 is 1.43 bits per heavy atom. The highest BCUT2D eigenvalue weighted by atomic mass is 32.2. The molecule has 0 saturated carbocycles. The van der Waals surface area contributed by atoms with Crippen molar-refractivity contribution in [2.24, 2.45) is 11.8 Å². The van der Waals surface area contributed by atoms with Gasteiger partial charge in [0.25, 0.3) is 0 Å². The van der Waals surface area contributed by atoms with Crippen LogP contribution in [0.5, 0.6) is 0 Å². The first-order valence-corrected chi connectivity index (χ1v) is 11.2. The first kappa shape index (κ1) is 23.1. The van der Waals surface area contributed by atoms with Crippen LogP contribution in [0.2, 0.25) is 0 Å². The number of nitrogens with zero attached hydrogens (tertiary/aromatic N) is 1. The zero-order valence-corrected chi connectivity index (χ0v) is 18.7. The van der Waals surface area contributed by atoms with E-state index in [4.69, 9.17) is 9.47 Å². The number of aliphatic carboxylic acids is 1. The van der Waals surface area contributed by atoms with Crippen molar-refractivity contribution in [1.29, 1.82) is 0 Å². The summed E-state index contributed by atoms with van der Waals surface area (Å²) in [5, 5.41) is 16.5. The number of carboxylic acids is 1. The predicted octanol–water partition coefficient (Wildman–Crippen LogP) is 0.411. The average Bonchev–Trinajstić information content (AvgIpc) is 3.20. The summed E-state index contributed by atoms with van der Waals surface area (Å²) in [4.78, 5) is 38.2. The number of amides is 1. The predicted molar refractivity (Wildman–Crippen MR) is 112 cm³/mol. The van der Waals surface area contributed by atoms with E-state index in [-0.39, 0.29) is 34.9 Å². The van der Waals surface area contributed by atoms with Gasteiger partial charge >= 0.3 is 11.9 Å². The number of hydrogen-bond donors (Lipinski definition) is 3. The molecule has 3 heterocycles. The molecule has 0 unspecified atom stereocenters. The molecule has 168 valence electrons. The molecule has 0 aromatic carbocycles. The molecule has 2 fully saturated rings. The van der Waals surface area contributed by atoms with E-state index in [1.165, 1.54) is 11.8 Å². The van der Waals surface area contributed by atoms with E-state index in [2.05, 4.69) is 10.6 Å². The molecular formula is C20H31N3O6S. The van der Waals surface area contributed by atoms with Crippen molar-refractivity contribution in [3.05, 3.63) is 10.6 Å². The van der Waals surface area contributed by atoms with Gasteiger partial charge in [-0.2, -0.15) is 0 Å². The van der Waals surface area contributed by atoms with E-state index in [9.17, 15) is 19.5 Å². The molecule has 2 saturated heterocycles. The summed E-state index contributed by atoms with van der Waals surface area (Å²) in [5.41, 5.74) is 0.0856. The molecule has 30 heavy (non-hydrogen) atoms. The van der Waals surface area contributed by atoms with Crippen molar-refractivity contribution in [2.45, 2.75) is 50.6 Å². The van der Waals surface area contributed by atoms with Crippen LogP contribution in [0.15, 0.2) is 10.6 Å². The van der Waals surface area contributed by atoms with Gasteiger partial charge in [-0.05, 0) is 20.4 Å². The fourth-order valence-corrected chi connectivity index (χ4v) is 6.10. The van der Waals surface area contributed by atoms with Crippen molar-refractivity contribution >= 4 is 29.6 Å². The Hall–Kier alpha value is -1.62. The van der Waals surface area contributed by atoms with Gasteiger partial charge in [0.05, 0.1) is 25.2 Å². The molecule has 0 aromatic rings. The molecule has 3 N–H and O–H groups in total. The van der Waals surface area contributed by atoms with Crippen LogP contribution >= 0.6 is 11.8 Å². The molecule has 3 aliphatic heterocycles. The van der Waals surface area contributed by atoms with Gasteiger partial charge in [0.15, 0.2) is 0 Å². The topological polar surface area (TPSA) is 117 Å². The molecule has 0 aliphatic carbocycles. The first-order valence-electron chi connectivity index (χ1n) is 10.4. The fourth-order valence-electron chi connectivity index (χ4n) is 4.58. The smallest absolute Gasteiger partial charge is 0.353 e. The molecule has 0 bridgehead atoms. The van der Waals surface area contributed by atoms with Crippen LogP contribution in [0.25, 0.3) is 0 Å². The number of fused-ring (bicyclic) bond motifs is 1. The first-order chi connectivity index (χ1) is 14.3. The Balaban J connectivity index is 1.66.